The summed E-state index contributed by atoms with van der Waals surface area (Å²) >= 11 is 0. The molecule has 0 atom stereocenters. The fraction of sp³-hybridized carbons (Fsp3) is 0.433. The molecule has 0 aliphatic heterocycles. The van der Waals surface area contributed by atoms with Crippen LogP contribution < -0.4 is 9.50 Å². The van der Waals surface area contributed by atoms with Gasteiger partial charge in [0.25, 0.3) is 0 Å². The fourth-order valence-electron chi connectivity index (χ4n) is 7.28. The quantitative estimate of drug-likeness (QED) is 0.294. The monoisotopic (exact) mass is 588 g/mol. The van der Waals surface area contributed by atoms with Crippen LogP contribution in [0.1, 0.15) is 55.4 Å². The molecule has 4 saturated carbocycles. The van der Waals surface area contributed by atoms with Crippen LogP contribution in [0.5, 0.6) is 5.75 Å². The Balaban J connectivity index is 1.20. The van der Waals surface area contributed by atoms with E-state index in [1.165, 1.54) is 37.7 Å². The Bertz CT molecular complexity index is 1490. The van der Waals surface area contributed by atoms with E-state index >= 15 is 0 Å². The molecule has 0 spiro atoms. The highest BCUT2D eigenvalue weighted by atomic mass is 32.2. The SMILES string of the molecule is O=C(NC12CC3CC(CC(C3)C1)C2)N(Cc1cccc(OS(=O)(=O)c2cccc(C(F)(F)F)c2)c1)Cc1ccco1. The summed E-state index contributed by atoms with van der Waals surface area (Å²) in [4.78, 5) is 14.7. The third-order valence-electron chi connectivity index (χ3n) is 8.55. The molecule has 3 aromatic rings. The van der Waals surface area contributed by atoms with Crippen molar-refractivity contribution in [2.24, 2.45) is 17.8 Å². The molecule has 2 amide bonds. The Morgan fingerprint density at radius 1 is 0.951 bits per heavy atom. The van der Waals surface area contributed by atoms with Crippen LogP contribution in [0.2, 0.25) is 0 Å². The van der Waals surface area contributed by atoms with Crippen LogP contribution in [0.3, 0.4) is 0 Å². The number of furan rings is 1. The summed E-state index contributed by atoms with van der Waals surface area (Å²) in [7, 11) is -4.54. The van der Waals surface area contributed by atoms with Crippen LogP contribution in [0.25, 0.3) is 0 Å². The Hall–Kier alpha value is -3.47. The van der Waals surface area contributed by atoms with Crippen LogP contribution >= 0.6 is 0 Å². The minimum atomic E-state index is -4.69. The van der Waals surface area contributed by atoms with Gasteiger partial charge in [-0.15, -0.1) is 0 Å². The first-order chi connectivity index (χ1) is 19.5. The zero-order chi connectivity index (χ0) is 28.8. The van der Waals surface area contributed by atoms with Crippen molar-refractivity contribution in [2.45, 2.75) is 68.2 Å². The Morgan fingerprint density at radius 2 is 1.63 bits per heavy atom. The first-order valence-corrected chi connectivity index (χ1v) is 15.2. The Labute approximate surface area is 236 Å². The number of nitrogens with one attached hydrogen (secondary N) is 1. The van der Waals surface area contributed by atoms with E-state index in [4.69, 9.17) is 8.60 Å². The second kappa shape index (κ2) is 10.4. The molecular weight excluding hydrogens is 557 g/mol. The van der Waals surface area contributed by atoms with Crippen LogP contribution in [0.15, 0.2) is 76.2 Å². The Morgan fingerprint density at radius 3 is 2.27 bits per heavy atom. The molecule has 2 aromatic carbocycles. The summed E-state index contributed by atoms with van der Waals surface area (Å²) in [5.74, 6) is 2.51. The number of hydrogen-bond acceptors (Lipinski definition) is 5. The van der Waals surface area contributed by atoms with E-state index < -0.39 is 26.8 Å². The number of urea groups is 1. The highest BCUT2D eigenvalue weighted by Crippen LogP contribution is 2.55. The van der Waals surface area contributed by atoms with E-state index in [-0.39, 0.29) is 30.4 Å². The van der Waals surface area contributed by atoms with Crippen molar-refractivity contribution >= 4 is 16.1 Å². The lowest BCUT2D eigenvalue weighted by atomic mass is 9.53. The van der Waals surface area contributed by atoms with Gasteiger partial charge in [0.2, 0.25) is 0 Å². The van der Waals surface area contributed by atoms with Crippen molar-refractivity contribution in [3.8, 4) is 5.75 Å². The van der Waals surface area contributed by atoms with Gasteiger partial charge in [-0.1, -0.05) is 18.2 Å². The molecule has 0 unspecified atom stereocenters. The van der Waals surface area contributed by atoms with Crippen LogP contribution in [-0.2, 0) is 29.4 Å². The number of amides is 2. The average molecular weight is 589 g/mol. The van der Waals surface area contributed by atoms with Crippen molar-refractivity contribution in [1.29, 1.82) is 0 Å². The molecule has 7 nitrogen and oxygen atoms in total. The number of halogens is 3. The zero-order valence-corrected chi connectivity index (χ0v) is 23.1. The molecular formula is C30H31F3N2O5S. The highest BCUT2D eigenvalue weighted by Gasteiger charge is 2.51. The third kappa shape index (κ3) is 6.10. The van der Waals surface area contributed by atoms with Crippen molar-refractivity contribution in [2.75, 3.05) is 0 Å². The summed E-state index contributed by atoms with van der Waals surface area (Å²) in [5.41, 5.74) is -0.694. The second-order valence-corrected chi connectivity index (χ2v) is 13.3. The molecule has 4 bridgehead atoms. The summed E-state index contributed by atoms with van der Waals surface area (Å²) in [6, 6.07) is 12.9. The van der Waals surface area contributed by atoms with Gasteiger partial charge in [0, 0.05) is 12.1 Å². The van der Waals surface area contributed by atoms with Gasteiger partial charge in [0.1, 0.15) is 16.4 Å². The lowest BCUT2D eigenvalue weighted by molar-refractivity contribution is -0.137. The van der Waals surface area contributed by atoms with Crippen molar-refractivity contribution < 1.29 is 35.0 Å². The summed E-state index contributed by atoms with van der Waals surface area (Å²) < 4.78 is 75.7. The maximum absolute atomic E-state index is 13.7. The molecule has 4 aliphatic rings. The molecule has 7 rings (SSSR count). The average Bonchev–Trinajstić information content (AvgIpc) is 3.40. The largest absolute Gasteiger partial charge is 0.467 e. The van der Waals surface area contributed by atoms with Gasteiger partial charge < -0.3 is 18.8 Å². The number of benzene rings is 2. The lowest BCUT2D eigenvalue weighted by Crippen LogP contribution is -2.61. The molecule has 1 N–H and O–H groups in total. The van der Waals surface area contributed by atoms with Crippen molar-refractivity contribution in [3.63, 3.8) is 0 Å². The minimum absolute atomic E-state index is 0.0700. The first-order valence-electron chi connectivity index (χ1n) is 13.8. The number of carbonyl (C=O) groups is 1. The molecule has 11 heteroatoms. The molecule has 218 valence electrons. The number of nitrogens with zero attached hydrogens (tertiary/aromatic N) is 1. The molecule has 0 saturated heterocycles. The molecule has 4 aliphatic carbocycles. The highest BCUT2D eigenvalue weighted by molar-refractivity contribution is 7.87. The molecule has 1 heterocycles. The predicted molar refractivity (Wildman–Crippen MR) is 143 cm³/mol. The third-order valence-corrected chi connectivity index (χ3v) is 9.80. The minimum Gasteiger partial charge on any atom is -0.467 e. The summed E-state index contributed by atoms with van der Waals surface area (Å²) in [6.45, 7) is 0.346. The normalized spacial score (nSPS) is 25.2. The van der Waals surface area contributed by atoms with E-state index in [2.05, 4.69) is 5.32 Å². The van der Waals surface area contributed by atoms with Gasteiger partial charge in [0.05, 0.1) is 18.4 Å². The topological polar surface area (TPSA) is 88.9 Å². The number of alkyl halides is 3. The van der Waals surface area contributed by atoms with Gasteiger partial charge in [-0.2, -0.15) is 21.6 Å². The van der Waals surface area contributed by atoms with Gasteiger partial charge in [0.15, 0.2) is 0 Å². The van der Waals surface area contributed by atoms with Gasteiger partial charge in [-0.25, -0.2) is 4.79 Å². The fourth-order valence-corrected chi connectivity index (χ4v) is 8.25. The molecule has 41 heavy (non-hydrogen) atoms. The number of carbonyl (C=O) groups excluding carboxylic acids is 1. The molecule has 0 radical (unpaired) electrons. The standard InChI is InChI=1S/C30H31F3N2O5S/c31-30(32,33)24-5-2-8-27(14-24)41(37,38)40-25-6-1-4-20(13-25)18-35(19-26-7-3-9-39-26)28(36)34-29-15-21-10-22(16-29)12-23(11-21)17-29/h1-9,13-14,21-23H,10-12,15-19H2,(H,34,36). The van der Waals surface area contributed by atoms with Crippen molar-refractivity contribution in [3.05, 3.63) is 83.8 Å². The van der Waals surface area contributed by atoms with Gasteiger partial charge >= 0.3 is 22.3 Å². The van der Waals surface area contributed by atoms with E-state index in [9.17, 15) is 26.4 Å². The zero-order valence-electron chi connectivity index (χ0n) is 22.3. The van der Waals surface area contributed by atoms with E-state index in [1.807, 2.05) is 0 Å². The lowest BCUT2D eigenvalue weighted by Gasteiger charge is -2.57. The predicted octanol–water partition coefficient (Wildman–Crippen LogP) is 6.75. The van der Waals surface area contributed by atoms with Crippen LogP contribution in [0, 0.1) is 17.8 Å². The van der Waals surface area contributed by atoms with Crippen molar-refractivity contribution in [1.82, 2.24) is 10.2 Å². The molecule has 4 fully saturated rings. The summed E-state index contributed by atoms with van der Waals surface area (Å²) in [5, 5.41) is 3.38. The smallest absolute Gasteiger partial charge is 0.416 e. The molecule has 1 aromatic heterocycles. The van der Waals surface area contributed by atoms with Gasteiger partial charge in [-0.05, 0) is 104 Å². The second-order valence-electron chi connectivity index (χ2n) is 11.8. The van der Waals surface area contributed by atoms with E-state index in [0.29, 0.717) is 35.1 Å². The maximum atomic E-state index is 13.7. The first kappa shape index (κ1) is 27.7. The van der Waals surface area contributed by atoms with Gasteiger partial charge in [-0.3, -0.25) is 0 Å². The number of hydrogen-bond donors (Lipinski definition) is 1. The van der Waals surface area contributed by atoms with Crippen LogP contribution in [-0.4, -0.2) is 24.9 Å². The van der Waals surface area contributed by atoms with Crippen LogP contribution in [0.4, 0.5) is 18.0 Å². The van der Waals surface area contributed by atoms with E-state index in [0.717, 1.165) is 37.5 Å². The Kier molecular flexibility index (Phi) is 7.04. The van der Waals surface area contributed by atoms with E-state index in [1.54, 1.807) is 29.2 Å². The number of rotatable bonds is 8. The summed E-state index contributed by atoms with van der Waals surface area (Å²) in [6.07, 6.45) is 3.59. The maximum Gasteiger partial charge on any atom is 0.416 e.